The van der Waals surface area contributed by atoms with Crippen molar-refractivity contribution in [3.05, 3.63) is 30.2 Å². The molecule has 0 bridgehead atoms. The Balaban J connectivity index is 1.82. The minimum atomic E-state index is 0.569. The second-order valence-corrected chi connectivity index (χ2v) is 5.19. The van der Waals surface area contributed by atoms with Crippen LogP contribution in [0.5, 0.6) is 0 Å². The van der Waals surface area contributed by atoms with Gasteiger partial charge in [-0.25, -0.2) is 0 Å². The van der Waals surface area contributed by atoms with Crippen molar-refractivity contribution in [1.82, 2.24) is 10.2 Å². The molecule has 3 rings (SSSR count). The Hall–Kier alpha value is -1.84. The zero-order valence-corrected chi connectivity index (χ0v) is 10.7. The molecule has 0 spiro atoms. The fourth-order valence-electron chi connectivity index (χ4n) is 2.45. The van der Waals surface area contributed by atoms with E-state index in [-0.39, 0.29) is 0 Å². The summed E-state index contributed by atoms with van der Waals surface area (Å²) in [5, 5.41) is 11.2. The molecule has 94 valence electrons. The summed E-state index contributed by atoms with van der Waals surface area (Å²) in [4.78, 5) is 0. The SMILES string of the molecule is Cc1ccc(-c2nnco2)cc1NC1CC(C)C1. The van der Waals surface area contributed by atoms with Crippen LogP contribution in [0, 0.1) is 12.8 Å². The second-order valence-electron chi connectivity index (χ2n) is 5.19. The van der Waals surface area contributed by atoms with E-state index >= 15 is 0 Å². The number of nitrogens with zero attached hydrogens (tertiary/aromatic N) is 2. The molecule has 1 aliphatic carbocycles. The smallest absolute Gasteiger partial charge is 0.247 e. The molecule has 18 heavy (non-hydrogen) atoms. The number of aromatic nitrogens is 2. The van der Waals surface area contributed by atoms with Crippen LogP contribution in [0.3, 0.4) is 0 Å². The monoisotopic (exact) mass is 243 g/mol. The maximum Gasteiger partial charge on any atom is 0.247 e. The summed E-state index contributed by atoms with van der Waals surface area (Å²) in [5.41, 5.74) is 3.38. The van der Waals surface area contributed by atoms with Gasteiger partial charge in [-0.3, -0.25) is 0 Å². The van der Waals surface area contributed by atoms with E-state index in [0.29, 0.717) is 11.9 Å². The molecule has 0 radical (unpaired) electrons. The third-order valence-electron chi connectivity index (χ3n) is 3.58. The number of anilines is 1. The zero-order valence-electron chi connectivity index (χ0n) is 10.7. The van der Waals surface area contributed by atoms with Crippen LogP contribution in [-0.4, -0.2) is 16.2 Å². The first-order valence-electron chi connectivity index (χ1n) is 6.36. The van der Waals surface area contributed by atoms with Crippen LogP contribution < -0.4 is 5.32 Å². The second kappa shape index (κ2) is 4.44. The number of rotatable bonds is 3. The molecule has 2 aromatic rings. The maximum atomic E-state index is 5.23. The average Bonchev–Trinajstić information content (AvgIpc) is 2.83. The number of aryl methyl sites for hydroxylation is 1. The molecule has 1 heterocycles. The van der Waals surface area contributed by atoms with Gasteiger partial charge in [0.1, 0.15) is 0 Å². The molecule has 1 saturated carbocycles. The first-order chi connectivity index (χ1) is 8.72. The van der Waals surface area contributed by atoms with Gasteiger partial charge >= 0.3 is 0 Å². The van der Waals surface area contributed by atoms with E-state index in [1.807, 2.05) is 6.07 Å². The van der Waals surface area contributed by atoms with E-state index in [0.717, 1.165) is 11.5 Å². The minimum absolute atomic E-state index is 0.569. The topological polar surface area (TPSA) is 51.0 Å². The Kier molecular flexibility index (Phi) is 2.78. The first kappa shape index (κ1) is 11.3. The summed E-state index contributed by atoms with van der Waals surface area (Å²) in [6.45, 7) is 4.40. The predicted molar refractivity (Wildman–Crippen MR) is 70.3 cm³/mol. The fraction of sp³-hybridized carbons (Fsp3) is 0.429. The molecule has 1 aromatic carbocycles. The van der Waals surface area contributed by atoms with Crippen LogP contribution in [0.25, 0.3) is 11.5 Å². The molecule has 0 aliphatic heterocycles. The summed E-state index contributed by atoms with van der Waals surface area (Å²) >= 11 is 0. The van der Waals surface area contributed by atoms with Crippen LogP contribution in [0.15, 0.2) is 29.0 Å². The Morgan fingerprint density at radius 3 is 2.83 bits per heavy atom. The van der Waals surface area contributed by atoms with Crippen molar-refractivity contribution in [2.24, 2.45) is 5.92 Å². The lowest BCUT2D eigenvalue weighted by atomic mass is 9.81. The van der Waals surface area contributed by atoms with E-state index in [2.05, 4.69) is 41.5 Å². The van der Waals surface area contributed by atoms with Gasteiger partial charge in [0.05, 0.1) is 0 Å². The third kappa shape index (κ3) is 2.10. The van der Waals surface area contributed by atoms with Crippen molar-refractivity contribution < 1.29 is 4.42 Å². The molecular weight excluding hydrogens is 226 g/mol. The first-order valence-corrected chi connectivity index (χ1v) is 6.36. The zero-order chi connectivity index (χ0) is 12.5. The van der Waals surface area contributed by atoms with E-state index in [4.69, 9.17) is 4.42 Å². The highest BCUT2D eigenvalue weighted by Crippen LogP contribution is 2.31. The molecular formula is C14H17N3O. The largest absolute Gasteiger partial charge is 0.423 e. The standard InChI is InChI=1S/C14H17N3O/c1-9-5-12(6-9)16-13-7-11(4-3-10(13)2)14-17-15-8-18-14/h3-4,7-9,12,16H,5-6H2,1-2H3. The summed E-state index contributed by atoms with van der Waals surface area (Å²) in [6.07, 6.45) is 3.87. The molecule has 0 amide bonds. The summed E-state index contributed by atoms with van der Waals surface area (Å²) in [5.74, 6) is 1.42. The van der Waals surface area contributed by atoms with Gasteiger partial charge in [-0.05, 0) is 43.4 Å². The Morgan fingerprint density at radius 2 is 2.17 bits per heavy atom. The Morgan fingerprint density at radius 1 is 1.33 bits per heavy atom. The summed E-state index contributed by atoms with van der Waals surface area (Å²) < 4.78 is 5.23. The highest BCUT2D eigenvalue weighted by Gasteiger charge is 2.25. The van der Waals surface area contributed by atoms with Gasteiger partial charge in [0.25, 0.3) is 0 Å². The Bertz CT molecular complexity index is 530. The fourth-order valence-corrected chi connectivity index (χ4v) is 2.45. The van der Waals surface area contributed by atoms with Crippen LogP contribution >= 0.6 is 0 Å². The average molecular weight is 243 g/mol. The molecule has 4 nitrogen and oxygen atoms in total. The lowest BCUT2D eigenvalue weighted by Gasteiger charge is -2.34. The normalized spacial score (nSPS) is 22.6. The van der Waals surface area contributed by atoms with Gasteiger partial charge in [-0.2, -0.15) is 0 Å². The molecule has 1 N–H and O–H groups in total. The maximum absolute atomic E-state index is 5.23. The third-order valence-corrected chi connectivity index (χ3v) is 3.58. The van der Waals surface area contributed by atoms with Crippen LogP contribution in [-0.2, 0) is 0 Å². The number of hydrogen-bond donors (Lipinski definition) is 1. The molecule has 1 fully saturated rings. The van der Waals surface area contributed by atoms with Crippen molar-refractivity contribution in [2.45, 2.75) is 32.7 Å². The number of nitrogens with one attached hydrogen (secondary N) is 1. The lowest BCUT2D eigenvalue weighted by molar-refractivity contribution is 0.309. The predicted octanol–water partition coefficient (Wildman–Crippen LogP) is 3.26. The van der Waals surface area contributed by atoms with E-state index in [9.17, 15) is 0 Å². The summed E-state index contributed by atoms with van der Waals surface area (Å²) in [7, 11) is 0. The molecule has 4 heteroatoms. The van der Waals surface area contributed by atoms with Gasteiger partial charge in [0, 0.05) is 17.3 Å². The quantitative estimate of drug-likeness (QED) is 0.899. The lowest BCUT2D eigenvalue weighted by Crippen LogP contribution is -2.33. The number of hydrogen-bond acceptors (Lipinski definition) is 4. The van der Waals surface area contributed by atoms with Gasteiger partial charge in [0.2, 0.25) is 12.3 Å². The molecule has 1 aliphatic rings. The summed E-state index contributed by atoms with van der Waals surface area (Å²) in [6, 6.07) is 6.80. The van der Waals surface area contributed by atoms with Gasteiger partial charge in [-0.1, -0.05) is 13.0 Å². The van der Waals surface area contributed by atoms with E-state index < -0.39 is 0 Å². The Labute approximate surface area is 106 Å². The van der Waals surface area contributed by atoms with Gasteiger partial charge < -0.3 is 9.73 Å². The van der Waals surface area contributed by atoms with Crippen molar-refractivity contribution in [1.29, 1.82) is 0 Å². The highest BCUT2D eigenvalue weighted by molar-refractivity contribution is 5.64. The van der Waals surface area contributed by atoms with Gasteiger partial charge in [0.15, 0.2) is 0 Å². The highest BCUT2D eigenvalue weighted by atomic mass is 16.4. The van der Waals surface area contributed by atoms with Crippen LogP contribution in [0.2, 0.25) is 0 Å². The van der Waals surface area contributed by atoms with Crippen molar-refractivity contribution in [3.8, 4) is 11.5 Å². The van der Waals surface area contributed by atoms with E-state index in [1.165, 1.54) is 30.5 Å². The van der Waals surface area contributed by atoms with Crippen LogP contribution in [0.4, 0.5) is 5.69 Å². The molecule has 0 atom stereocenters. The molecule has 1 aromatic heterocycles. The minimum Gasteiger partial charge on any atom is -0.423 e. The van der Waals surface area contributed by atoms with Crippen molar-refractivity contribution in [2.75, 3.05) is 5.32 Å². The molecule has 0 unspecified atom stereocenters. The molecule has 0 saturated heterocycles. The van der Waals surface area contributed by atoms with Crippen molar-refractivity contribution >= 4 is 5.69 Å². The van der Waals surface area contributed by atoms with Gasteiger partial charge in [-0.15, -0.1) is 10.2 Å². The van der Waals surface area contributed by atoms with Crippen molar-refractivity contribution in [3.63, 3.8) is 0 Å². The van der Waals surface area contributed by atoms with E-state index in [1.54, 1.807) is 0 Å². The van der Waals surface area contributed by atoms with Crippen LogP contribution in [0.1, 0.15) is 25.3 Å². The number of benzene rings is 1.